The second-order valence-corrected chi connectivity index (χ2v) is 5.15. The second kappa shape index (κ2) is 8.17. The Morgan fingerprint density at radius 1 is 1.41 bits per heavy atom. The maximum absolute atomic E-state index is 11.8. The number of rotatable bonds is 8. The summed E-state index contributed by atoms with van der Waals surface area (Å²) in [4.78, 5) is 15.8. The van der Waals surface area contributed by atoms with Gasteiger partial charge in [0, 0.05) is 19.4 Å². The van der Waals surface area contributed by atoms with Crippen molar-refractivity contribution in [3.8, 4) is 5.75 Å². The van der Waals surface area contributed by atoms with Gasteiger partial charge in [-0.25, -0.2) is 4.98 Å². The Kier molecular flexibility index (Phi) is 5.94. The topological polar surface area (TPSA) is 79.9 Å². The highest BCUT2D eigenvalue weighted by atomic mass is 16.5. The maximum atomic E-state index is 11.8. The van der Waals surface area contributed by atoms with Crippen molar-refractivity contribution in [3.05, 3.63) is 41.5 Å². The van der Waals surface area contributed by atoms with Crippen LogP contribution in [0, 0.1) is 6.92 Å². The van der Waals surface area contributed by atoms with Gasteiger partial charge >= 0.3 is 0 Å². The van der Waals surface area contributed by atoms with E-state index in [0.29, 0.717) is 19.4 Å². The van der Waals surface area contributed by atoms with Crippen molar-refractivity contribution in [1.29, 1.82) is 0 Å². The van der Waals surface area contributed by atoms with Crippen molar-refractivity contribution in [3.63, 3.8) is 0 Å². The minimum absolute atomic E-state index is 0.00195. The number of nitrogens with zero attached hydrogens (tertiary/aromatic N) is 2. The van der Waals surface area contributed by atoms with Gasteiger partial charge in [-0.3, -0.25) is 9.89 Å². The molecule has 0 aliphatic rings. The number of hydrogen-bond donors (Lipinski definition) is 2. The first kappa shape index (κ1) is 16.0. The molecule has 0 spiro atoms. The van der Waals surface area contributed by atoms with E-state index in [1.807, 2.05) is 25.1 Å². The fourth-order valence-electron chi connectivity index (χ4n) is 2.04. The first-order valence-electron chi connectivity index (χ1n) is 7.52. The molecule has 1 aromatic heterocycles. The van der Waals surface area contributed by atoms with E-state index in [9.17, 15) is 4.79 Å². The highest BCUT2D eigenvalue weighted by molar-refractivity contribution is 5.76. The Balaban J connectivity index is 1.79. The van der Waals surface area contributed by atoms with Crippen molar-refractivity contribution in [2.24, 2.45) is 0 Å². The van der Waals surface area contributed by atoms with Gasteiger partial charge in [0.2, 0.25) is 5.91 Å². The normalized spacial score (nSPS) is 10.5. The molecule has 118 valence electrons. The predicted molar refractivity (Wildman–Crippen MR) is 83.5 cm³/mol. The Morgan fingerprint density at radius 3 is 2.95 bits per heavy atom. The minimum Gasteiger partial charge on any atom is -0.494 e. The van der Waals surface area contributed by atoms with Gasteiger partial charge in [-0.15, -0.1) is 0 Å². The number of H-pyrrole nitrogens is 1. The summed E-state index contributed by atoms with van der Waals surface area (Å²) in [5.41, 5.74) is 2.21. The summed E-state index contributed by atoms with van der Waals surface area (Å²) in [5, 5.41) is 9.42. The quantitative estimate of drug-likeness (QED) is 0.783. The van der Waals surface area contributed by atoms with E-state index in [1.54, 1.807) is 0 Å². The summed E-state index contributed by atoms with van der Waals surface area (Å²) >= 11 is 0. The largest absolute Gasteiger partial charge is 0.494 e. The lowest BCUT2D eigenvalue weighted by Gasteiger charge is -2.10. The lowest BCUT2D eigenvalue weighted by Crippen LogP contribution is -2.23. The molecule has 0 aliphatic carbocycles. The number of aromatic nitrogens is 3. The van der Waals surface area contributed by atoms with Gasteiger partial charge in [-0.1, -0.05) is 13.0 Å². The summed E-state index contributed by atoms with van der Waals surface area (Å²) in [7, 11) is 0. The van der Waals surface area contributed by atoms with Crippen LogP contribution in [0.2, 0.25) is 0 Å². The molecular weight excluding hydrogens is 280 g/mol. The summed E-state index contributed by atoms with van der Waals surface area (Å²) in [5.74, 6) is 1.60. The zero-order valence-corrected chi connectivity index (χ0v) is 13.1. The second-order valence-electron chi connectivity index (χ2n) is 5.15. The van der Waals surface area contributed by atoms with Gasteiger partial charge in [0.1, 0.15) is 17.9 Å². The maximum Gasteiger partial charge on any atom is 0.220 e. The number of carbonyl (C=O) groups is 1. The van der Waals surface area contributed by atoms with Crippen LogP contribution in [-0.2, 0) is 17.8 Å². The Bertz CT molecular complexity index is 596. The molecule has 1 heterocycles. The van der Waals surface area contributed by atoms with Gasteiger partial charge in [0.15, 0.2) is 0 Å². The Morgan fingerprint density at radius 2 is 2.27 bits per heavy atom. The number of benzene rings is 1. The molecule has 0 saturated heterocycles. The molecule has 2 rings (SSSR count). The zero-order chi connectivity index (χ0) is 15.8. The number of amides is 1. The predicted octanol–water partition coefficient (Wildman–Crippen LogP) is 2.15. The molecule has 1 amide bonds. The molecule has 0 aliphatic heterocycles. The number of ether oxygens (including phenoxy) is 1. The third-order valence-electron chi connectivity index (χ3n) is 3.32. The molecule has 1 aromatic carbocycles. The van der Waals surface area contributed by atoms with Crippen molar-refractivity contribution in [2.45, 2.75) is 39.7 Å². The lowest BCUT2D eigenvalue weighted by atomic mass is 10.1. The van der Waals surface area contributed by atoms with Gasteiger partial charge in [0.25, 0.3) is 0 Å². The zero-order valence-electron chi connectivity index (χ0n) is 13.1. The Hall–Kier alpha value is -2.37. The fraction of sp³-hybridized carbons (Fsp3) is 0.438. The van der Waals surface area contributed by atoms with Crippen LogP contribution in [0.25, 0.3) is 0 Å². The van der Waals surface area contributed by atoms with E-state index >= 15 is 0 Å². The summed E-state index contributed by atoms with van der Waals surface area (Å²) in [6.07, 6.45) is 3.39. The van der Waals surface area contributed by atoms with E-state index < -0.39 is 0 Å². The van der Waals surface area contributed by atoms with Gasteiger partial charge < -0.3 is 10.1 Å². The molecule has 0 fully saturated rings. The van der Waals surface area contributed by atoms with Gasteiger partial charge in [-0.2, -0.15) is 5.10 Å². The third-order valence-corrected chi connectivity index (χ3v) is 3.32. The monoisotopic (exact) mass is 302 g/mol. The SMILES string of the molecule is CCCOc1ccc(CNC(=O)CCc2ncn[nH]2)c(C)c1. The average molecular weight is 302 g/mol. The van der Waals surface area contributed by atoms with Crippen LogP contribution in [0.15, 0.2) is 24.5 Å². The van der Waals surface area contributed by atoms with Crippen LogP contribution in [0.3, 0.4) is 0 Å². The minimum atomic E-state index is 0.00195. The number of carbonyl (C=O) groups excluding carboxylic acids is 1. The van der Waals surface area contributed by atoms with Crippen molar-refractivity contribution in [2.75, 3.05) is 6.61 Å². The van der Waals surface area contributed by atoms with Crippen LogP contribution in [0.1, 0.15) is 36.7 Å². The van der Waals surface area contributed by atoms with Crippen LogP contribution >= 0.6 is 0 Å². The molecule has 0 saturated carbocycles. The van der Waals surface area contributed by atoms with E-state index in [4.69, 9.17) is 4.74 Å². The Labute approximate surface area is 130 Å². The smallest absolute Gasteiger partial charge is 0.220 e. The fourth-order valence-corrected chi connectivity index (χ4v) is 2.04. The summed E-state index contributed by atoms with van der Waals surface area (Å²) in [6, 6.07) is 5.95. The van der Waals surface area contributed by atoms with E-state index in [-0.39, 0.29) is 5.91 Å². The molecule has 0 radical (unpaired) electrons. The molecule has 0 atom stereocenters. The van der Waals surface area contributed by atoms with Crippen molar-refractivity contribution >= 4 is 5.91 Å². The van der Waals surface area contributed by atoms with E-state index in [2.05, 4.69) is 27.4 Å². The number of nitrogens with one attached hydrogen (secondary N) is 2. The highest BCUT2D eigenvalue weighted by Crippen LogP contribution is 2.17. The van der Waals surface area contributed by atoms with Crippen molar-refractivity contribution < 1.29 is 9.53 Å². The highest BCUT2D eigenvalue weighted by Gasteiger charge is 2.06. The van der Waals surface area contributed by atoms with E-state index in [1.165, 1.54) is 6.33 Å². The number of aryl methyl sites for hydroxylation is 2. The molecule has 22 heavy (non-hydrogen) atoms. The van der Waals surface area contributed by atoms with Crippen LogP contribution < -0.4 is 10.1 Å². The molecule has 6 heteroatoms. The summed E-state index contributed by atoms with van der Waals surface area (Å²) in [6.45, 7) is 5.34. The lowest BCUT2D eigenvalue weighted by molar-refractivity contribution is -0.121. The van der Waals surface area contributed by atoms with E-state index in [0.717, 1.165) is 35.7 Å². The molecule has 2 N–H and O–H groups in total. The van der Waals surface area contributed by atoms with Crippen LogP contribution in [-0.4, -0.2) is 27.7 Å². The first-order chi connectivity index (χ1) is 10.7. The molecule has 0 bridgehead atoms. The number of aromatic amines is 1. The summed E-state index contributed by atoms with van der Waals surface area (Å²) < 4.78 is 5.59. The first-order valence-corrected chi connectivity index (χ1v) is 7.52. The van der Waals surface area contributed by atoms with Gasteiger partial charge in [0.05, 0.1) is 6.61 Å². The average Bonchev–Trinajstić information content (AvgIpc) is 3.03. The molecule has 0 unspecified atom stereocenters. The standard InChI is InChI=1S/C16H22N4O2/c1-3-8-22-14-5-4-13(12(2)9-14)10-17-16(21)7-6-15-18-11-19-20-15/h4-5,9,11H,3,6-8,10H2,1-2H3,(H,17,21)(H,18,19,20). The number of hydrogen-bond acceptors (Lipinski definition) is 4. The molecule has 2 aromatic rings. The van der Waals surface area contributed by atoms with Gasteiger partial charge in [-0.05, 0) is 36.6 Å². The molecule has 6 nitrogen and oxygen atoms in total. The van der Waals surface area contributed by atoms with Crippen molar-refractivity contribution in [1.82, 2.24) is 20.5 Å². The molecular formula is C16H22N4O2. The third kappa shape index (κ3) is 4.87. The van der Waals surface area contributed by atoms with Crippen LogP contribution in [0.5, 0.6) is 5.75 Å². The van der Waals surface area contributed by atoms with Crippen LogP contribution in [0.4, 0.5) is 0 Å².